The van der Waals surface area contributed by atoms with Crippen molar-refractivity contribution in [3.05, 3.63) is 361 Å². The Morgan fingerprint density at radius 2 is 1.02 bits per heavy atom. The Balaban J connectivity index is 0.000000109. The molecule has 1 N–H and O–H groups in total. The van der Waals surface area contributed by atoms with E-state index in [1.165, 1.54) is 203 Å². The summed E-state index contributed by atoms with van der Waals surface area (Å²) in [5.41, 5.74) is 26.2. The van der Waals surface area contributed by atoms with E-state index >= 15 is 0 Å². The summed E-state index contributed by atoms with van der Waals surface area (Å²) in [6.07, 6.45) is 21.1. The van der Waals surface area contributed by atoms with Crippen LogP contribution >= 0.6 is 0 Å². The molecule has 8 aromatic heterocycles. The van der Waals surface area contributed by atoms with E-state index in [-0.39, 0.29) is 38.0 Å². The number of aromatic nitrogens is 10. The molecule has 0 spiro atoms. The van der Waals surface area contributed by atoms with Crippen molar-refractivity contribution in [1.82, 2.24) is 24.5 Å². The van der Waals surface area contributed by atoms with Gasteiger partial charge in [-0.1, -0.05) is 193 Å². The molecule has 0 amide bonds. The molecule has 0 aliphatic carbocycles. The number of fused-ring (bicyclic) bond motifs is 24. The third kappa shape index (κ3) is 17.4. The first-order valence-corrected chi connectivity index (χ1v) is 40.9. The molecule has 0 bridgehead atoms. The average Bonchev–Trinajstić information content (AvgIpc) is 1.55. The molecular weight excluding hydrogens is 1620 g/mol. The number of allylic oxidation sites excluding steroid dienone is 2. The van der Waals surface area contributed by atoms with Crippen molar-refractivity contribution in [2.75, 3.05) is 0 Å². The second-order valence-electron chi connectivity index (χ2n) is 31.9. The maximum atomic E-state index is 10.0. The first-order chi connectivity index (χ1) is 56.6. The van der Waals surface area contributed by atoms with E-state index in [1.54, 1.807) is 0 Å². The molecule has 0 fully saturated rings. The number of pyridine rings is 6. The summed E-state index contributed by atoms with van der Waals surface area (Å²) >= 11 is 0. The molecule has 0 radical (unpaired) electrons. The van der Waals surface area contributed by atoms with E-state index in [2.05, 4.69) is 328 Å². The van der Waals surface area contributed by atoms with Crippen molar-refractivity contribution in [1.29, 1.82) is 0 Å². The van der Waals surface area contributed by atoms with Crippen LogP contribution in [-0.4, -0.2) is 35.4 Å². The summed E-state index contributed by atoms with van der Waals surface area (Å²) in [5, 5.41) is 29.2. The third-order valence-electron chi connectivity index (χ3n) is 22.4. The molecule has 117 heavy (non-hydrogen) atoms. The Morgan fingerprint density at radius 1 is 0.479 bits per heavy atom. The fourth-order valence-electron chi connectivity index (χ4n) is 16.9. The second kappa shape index (κ2) is 35.7. The van der Waals surface area contributed by atoms with Gasteiger partial charge >= 0.3 is 0 Å². The topological polar surface area (TPSA) is 105 Å². The van der Waals surface area contributed by atoms with Gasteiger partial charge in [-0.2, -0.15) is 42.4 Å². The number of para-hydroxylation sites is 1. The zero-order chi connectivity index (χ0) is 79.8. The smallest absolute Gasteiger partial charge is 0.243 e. The van der Waals surface area contributed by atoms with E-state index < -0.39 is 0 Å². The Bertz CT molecular complexity index is 6520. The van der Waals surface area contributed by atoms with Crippen LogP contribution in [0.2, 0.25) is 0 Å². The molecule has 9 aromatic carbocycles. The van der Waals surface area contributed by atoms with Gasteiger partial charge in [0.2, 0.25) is 47.3 Å². The van der Waals surface area contributed by atoms with Gasteiger partial charge in [0.25, 0.3) is 0 Å². The summed E-state index contributed by atoms with van der Waals surface area (Å²) in [4.78, 5) is 14.5. The number of aliphatic hydroxyl groups is 1. The number of rotatable bonds is 9. The van der Waals surface area contributed by atoms with Gasteiger partial charge in [0.1, 0.15) is 11.4 Å². The normalized spacial score (nSPS) is 12.2. The van der Waals surface area contributed by atoms with Crippen LogP contribution in [0, 0.1) is 19.9 Å². The Morgan fingerprint density at radius 3 is 1.66 bits per heavy atom. The van der Waals surface area contributed by atoms with Gasteiger partial charge in [-0.3, -0.25) is 4.79 Å². The molecule has 22 rings (SSSR count). The number of aliphatic hydroxyl groups excluding tert-OH is 1. The summed E-state index contributed by atoms with van der Waals surface area (Å²) in [6, 6.07) is 100. The Labute approximate surface area is 700 Å². The van der Waals surface area contributed by atoms with Gasteiger partial charge < -0.3 is 10.1 Å². The fourth-order valence-corrected chi connectivity index (χ4v) is 16.9. The summed E-state index contributed by atoms with van der Waals surface area (Å²) in [7, 11) is 0. The van der Waals surface area contributed by atoms with E-state index in [1.807, 2.05) is 66.3 Å². The van der Waals surface area contributed by atoms with Crippen molar-refractivity contribution in [2.24, 2.45) is 0 Å². The molecule has 584 valence electrons. The summed E-state index contributed by atoms with van der Waals surface area (Å²) < 4.78 is 15.8. The molecule has 12 nitrogen and oxygen atoms in total. The van der Waals surface area contributed by atoms with Crippen molar-refractivity contribution < 1.29 is 53.8 Å². The first kappa shape index (κ1) is 79.7. The van der Waals surface area contributed by atoms with E-state index in [0.29, 0.717) is 0 Å². The zero-order valence-corrected chi connectivity index (χ0v) is 70.3. The van der Waals surface area contributed by atoms with Crippen LogP contribution in [-0.2, 0) is 70.7 Å². The minimum atomic E-state index is -0.125. The maximum Gasteiger partial charge on any atom is 0.243 e. The largest absolute Gasteiger partial charge is 0.512 e. The van der Waals surface area contributed by atoms with Crippen molar-refractivity contribution in [2.45, 2.75) is 139 Å². The zero-order valence-electron chi connectivity index (χ0n) is 68.1. The van der Waals surface area contributed by atoms with Gasteiger partial charge in [-0.15, -0.1) is 35.9 Å². The van der Waals surface area contributed by atoms with Gasteiger partial charge in [0, 0.05) is 103 Å². The molecule has 0 atom stereocenters. The van der Waals surface area contributed by atoms with Gasteiger partial charge in [0.05, 0.1) is 50.0 Å². The SMILES string of the molecule is CC(=O)C=C(C)O.CC(C)(C)c1cc2n(n1)C[n+]1ccc3ccccc3c1-2.CCCCCCCCc1ccc2c(c1)C[n+]1ccc3ccccc3c1-2.Cc1cc2ccccc2[n+]2c1-c1ccccc1C2.Cc1cc2n(n1)C[n+]1ccccc1-2.[Pt].[c-]1ccccc1-c1nccc2ccccc12.c1ccc2c(c1)C[n+]1ccc3ccccc3c1-2. The second-order valence-corrected chi connectivity index (χ2v) is 31.9. The van der Waals surface area contributed by atoms with Crippen LogP contribution in [0.15, 0.2) is 316 Å². The number of carbonyl (C=O) groups excluding carboxylic acids is 1. The van der Waals surface area contributed by atoms with Crippen molar-refractivity contribution in [3.63, 3.8) is 0 Å². The molecule has 13 heteroatoms. The number of carbonyl (C=O) groups is 1. The minimum absolute atomic E-state index is 0. The molecule has 17 aromatic rings. The van der Waals surface area contributed by atoms with Crippen LogP contribution in [0.1, 0.15) is 119 Å². The summed E-state index contributed by atoms with van der Waals surface area (Å²) in [5.74, 6) is -0.0625. The fraction of sp³-hybridized carbons (Fsp3) is 0.202. The Kier molecular flexibility index (Phi) is 24.3. The van der Waals surface area contributed by atoms with E-state index in [4.69, 9.17) is 10.2 Å². The molecule has 13 heterocycles. The Hall–Kier alpha value is -12.5. The maximum absolute atomic E-state index is 10.0. The minimum Gasteiger partial charge on any atom is -0.512 e. The quantitative estimate of drug-likeness (QED) is 0.0510. The van der Waals surface area contributed by atoms with Crippen molar-refractivity contribution in [3.8, 4) is 67.8 Å². The van der Waals surface area contributed by atoms with Crippen molar-refractivity contribution >= 4 is 59.8 Å². The number of nitrogens with zero attached hydrogens (tertiary/aromatic N) is 10. The number of unbranched alkanes of at least 4 members (excludes halogenated alkanes) is 5. The molecule has 5 aliphatic rings. The van der Waals surface area contributed by atoms with Gasteiger partial charge in [-0.25, -0.2) is 0 Å². The van der Waals surface area contributed by atoms with Crippen LogP contribution in [0.25, 0.3) is 122 Å². The van der Waals surface area contributed by atoms with E-state index in [0.717, 1.165) is 55.6 Å². The van der Waals surface area contributed by atoms with Gasteiger partial charge in [-0.05, 0) is 158 Å². The number of ketones is 1. The number of benzene rings is 9. The predicted octanol–water partition coefficient (Wildman–Crippen LogP) is 21.5. The first-order valence-electron chi connectivity index (χ1n) is 40.9. The molecule has 0 saturated carbocycles. The van der Waals surface area contributed by atoms with Gasteiger partial charge in [0.15, 0.2) is 50.2 Å². The molecule has 5 aliphatic heterocycles. The number of aryl methyl sites for hydroxylation is 3. The van der Waals surface area contributed by atoms with Crippen LogP contribution in [0.5, 0.6) is 0 Å². The van der Waals surface area contributed by atoms with Crippen LogP contribution in [0.3, 0.4) is 0 Å². The molecule has 0 unspecified atom stereocenters. The predicted molar refractivity (Wildman–Crippen MR) is 468 cm³/mol. The molecular formula is C104H100N10O2Pt+4. The van der Waals surface area contributed by atoms with E-state index in [9.17, 15) is 4.79 Å². The number of hydrogen-bond acceptors (Lipinski definition) is 5. The number of hydrogen-bond donors (Lipinski definition) is 1. The standard InChI is InChI=1S/C24H28N.C17H18N3.C17H14N.C16H12N.C15H10N.C10H10N3.C5H8O2.Pt/c1-2-3-4-5-6-7-10-19-13-14-23-21(17-19)18-25-16-15-20-11-8-9-12-22(20)24(23)25;1-17(2,3)15-10-14-16-13-7-5-4-6-12(13)8-9-19(16)11-20(14)18-15;1-12-10-13-6-3-5-9-16(13)18-11-14-7-2-4-8-15(14)17(12)18;1-3-7-14-12(5-1)9-10-17-11-13-6-2-4-8-15(13)16(14)17;1-2-7-13(8-3-1)15-14-9-5-4-6-12(14)10-11-16-15;1-8-6-10-9-4-2-3-5-12(9)7-13(10)11-8;1-4(6)3-5(2)7;/h8-9,11-17H,2-7,10,18H2,1H3;4-10H,11H2,1-3H3;2-10H,11H2,1H3;1-10H,11H2;1-7,9-11H;2-6H,7H2,1H3;3,6H,1-2H3;/q4*+1;-1;+1;;. The van der Waals surface area contributed by atoms with Crippen LogP contribution in [0.4, 0.5) is 0 Å². The third-order valence-corrected chi connectivity index (χ3v) is 22.4. The average molecular weight is 1720 g/mol. The summed E-state index contributed by atoms with van der Waals surface area (Å²) in [6.45, 7) is 20.7. The molecule has 0 saturated heterocycles. The van der Waals surface area contributed by atoms with Crippen LogP contribution < -0.4 is 22.8 Å². The monoisotopic (exact) mass is 1720 g/mol.